The predicted octanol–water partition coefficient (Wildman–Crippen LogP) is 2.92. The van der Waals surface area contributed by atoms with Crippen molar-refractivity contribution >= 4 is 15.7 Å². The van der Waals surface area contributed by atoms with E-state index in [-0.39, 0.29) is 12.4 Å². The molecule has 1 aromatic carbocycles. The summed E-state index contributed by atoms with van der Waals surface area (Å²) in [6, 6.07) is 5.35. The summed E-state index contributed by atoms with van der Waals surface area (Å²) in [6.45, 7) is 2.43. The summed E-state index contributed by atoms with van der Waals surface area (Å²) < 4.78 is 46.2. The molecule has 1 heterocycles. The Morgan fingerprint density at radius 2 is 1.86 bits per heavy atom. The molecule has 0 bridgehead atoms. The van der Waals surface area contributed by atoms with E-state index in [1.807, 2.05) is 0 Å². The first-order chi connectivity index (χ1) is 9.91. The molecule has 1 saturated carbocycles. The van der Waals surface area contributed by atoms with Crippen molar-refractivity contribution < 1.29 is 17.5 Å². The summed E-state index contributed by atoms with van der Waals surface area (Å²) in [5, 5.41) is -0.512. The van der Waals surface area contributed by atoms with Gasteiger partial charge in [0.25, 0.3) is 0 Å². The van der Waals surface area contributed by atoms with Gasteiger partial charge >= 0.3 is 0 Å². The van der Waals surface area contributed by atoms with Crippen LogP contribution in [0, 0.1) is 11.7 Å². The molecule has 6 heteroatoms. The van der Waals surface area contributed by atoms with Crippen LogP contribution in [-0.4, -0.2) is 25.9 Å². The Morgan fingerprint density at radius 3 is 2.38 bits per heavy atom. The van der Waals surface area contributed by atoms with Crippen LogP contribution in [0.5, 0.6) is 0 Å². The third kappa shape index (κ3) is 2.79. The van der Waals surface area contributed by atoms with Gasteiger partial charge in [-0.05, 0) is 55.9 Å². The molecule has 1 aromatic rings. The van der Waals surface area contributed by atoms with Gasteiger partial charge < -0.3 is 4.74 Å². The van der Waals surface area contributed by atoms with E-state index in [2.05, 4.69) is 11.6 Å². The highest BCUT2D eigenvalue weighted by atomic mass is 32.2. The van der Waals surface area contributed by atoms with Gasteiger partial charge in [-0.1, -0.05) is 6.92 Å². The summed E-state index contributed by atoms with van der Waals surface area (Å²) in [6.07, 6.45) is 3.59. The number of anilines is 1. The monoisotopic (exact) mass is 313 g/mol. The lowest BCUT2D eigenvalue weighted by Gasteiger charge is -2.51. The van der Waals surface area contributed by atoms with Crippen LogP contribution in [0.25, 0.3) is 0 Å². The van der Waals surface area contributed by atoms with Crippen molar-refractivity contribution in [2.45, 2.75) is 43.5 Å². The van der Waals surface area contributed by atoms with Crippen LogP contribution in [0.1, 0.15) is 32.6 Å². The second-order valence-electron chi connectivity index (χ2n) is 6.20. The summed E-state index contributed by atoms with van der Waals surface area (Å²) in [5.41, 5.74) is -0.124. The molecule has 3 rings (SSSR count). The Balaban J connectivity index is 1.74. The first-order valence-corrected chi connectivity index (χ1v) is 8.87. The van der Waals surface area contributed by atoms with Gasteiger partial charge in [-0.2, -0.15) is 0 Å². The molecule has 0 amide bonds. The van der Waals surface area contributed by atoms with Crippen molar-refractivity contribution in [3.8, 4) is 0 Å². The predicted molar refractivity (Wildman–Crippen MR) is 79.0 cm³/mol. The highest BCUT2D eigenvalue weighted by Gasteiger charge is 2.55. The minimum Gasteiger partial charge on any atom is -0.372 e. The minimum absolute atomic E-state index is 0.241. The third-order valence-corrected chi connectivity index (χ3v) is 6.54. The fourth-order valence-electron chi connectivity index (χ4n) is 3.23. The molecule has 21 heavy (non-hydrogen) atoms. The zero-order valence-electron chi connectivity index (χ0n) is 12.0. The molecule has 1 unspecified atom stereocenters. The Bertz CT molecular complexity index is 606. The molecule has 4 nitrogen and oxygen atoms in total. The second kappa shape index (κ2) is 5.25. The third-order valence-electron chi connectivity index (χ3n) is 4.71. The van der Waals surface area contributed by atoms with E-state index in [0.29, 0.717) is 11.6 Å². The van der Waals surface area contributed by atoms with E-state index in [9.17, 15) is 12.8 Å². The first kappa shape index (κ1) is 14.8. The van der Waals surface area contributed by atoms with Crippen LogP contribution >= 0.6 is 0 Å². The second-order valence-corrected chi connectivity index (χ2v) is 8.06. The largest absolute Gasteiger partial charge is 0.372 e. The highest BCUT2D eigenvalue weighted by Crippen LogP contribution is 2.45. The lowest BCUT2D eigenvalue weighted by atomic mass is 9.75. The Morgan fingerprint density at radius 1 is 1.24 bits per heavy atom. The number of sulfonamides is 1. The normalized spacial score (nSPS) is 32.7. The topological polar surface area (TPSA) is 55.4 Å². The van der Waals surface area contributed by atoms with Crippen molar-refractivity contribution in [2.24, 2.45) is 5.92 Å². The van der Waals surface area contributed by atoms with Crippen LogP contribution in [0.4, 0.5) is 10.1 Å². The van der Waals surface area contributed by atoms with Crippen LogP contribution in [0.3, 0.4) is 0 Å². The van der Waals surface area contributed by atoms with Crippen molar-refractivity contribution in [2.75, 3.05) is 11.3 Å². The summed E-state index contributed by atoms with van der Waals surface area (Å²) in [4.78, 5) is 0. The highest BCUT2D eigenvalue weighted by molar-refractivity contribution is 7.93. The number of nitrogens with one attached hydrogen (secondary N) is 1. The molecule has 0 radical (unpaired) electrons. The van der Waals surface area contributed by atoms with Gasteiger partial charge in [0.1, 0.15) is 11.1 Å². The molecule has 2 fully saturated rings. The van der Waals surface area contributed by atoms with Crippen LogP contribution in [-0.2, 0) is 14.8 Å². The molecule has 1 aliphatic heterocycles. The SMILES string of the molecule is CC1CCC2(CC1)OCC2S(=O)(=O)Nc1ccc(F)cc1. The Kier molecular flexibility index (Phi) is 3.69. The maximum absolute atomic E-state index is 12.9. The van der Waals surface area contributed by atoms with Gasteiger partial charge in [0.05, 0.1) is 12.2 Å². The number of rotatable bonds is 3. The van der Waals surface area contributed by atoms with E-state index < -0.39 is 20.9 Å². The fourth-order valence-corrected chi connectivity index (χ4v) is 4.95. The average Bonchev–Trinajstić information content (AvgIpc) is 2.40. The number of hydrogen-bond donors (Lipinski definition) is 1. The van der Waals surface area contributed by atoms with Crippen molar-refractivity contribution in [3.63, 3.8) is 0 Å². The zero-order chi connectivity index (χ0) is 15.1. The maximum Gasteiger partial charge on any atom is 0.240 e. The van der Waals surface area contributed by atoms with E-state index in [0.717, 1.165) is 25.7 Å². The van der Waals surface area contributed by atoms with Crippen molar-refractivity contribution in [1.82, 2.24) is 0 Å². The molecule has 1 aliphatic carbocycles. The average molecular weight is 313 g/mol. The number of benzene rings is 1. The van der Waals surface area contributed by atoms with Gasteiger partial charge in [0, 0.05) is 5.69 Å². The number of halogens is 1. The van der Waals surface area contributed by atoms with E-state index in [4.69, 9.17) is 4.74 Å². The molecular formula is C15H20FNO3S. The van der Waals surface area contributed by atoms with Crippen LogP contribution in [0.2, 0.25) is 0 Å². The lowest BCUT2D eigenvalue weighted by Crippen LogP contribution is -2.63. The molecule has 0 aromatic heterocycles. The van der Waals surface area contributed by atoms with E-state index >= 15 is 0 Å². The number of hydrogen-bond acceptors (Lipinski definition) is 3. The Hall–Kier alpha value is -1.14. The Labute approximate surface area is 124 Å². The van der Waals surface area contributed by atoms with E-state index in [1.54, 1.807) is 0 Å². The molecule has 116 valence electrons. The van der Waals surface area contributed by atoms with Gasteiger partial charge in [-0.25, -0.2) is 12.8 Å². The minimum atomic E-state index is -3.51. The zero-order valence-corrected chi connectivity index (χ0v) is 12.8. The molecular weight excluding hydrogens is 293 g/mol. The summed E-state index contributed by atoms with van der Waals surface area (Å²) >= 11 is 0. The molecule has 1 spiro atoms. The van der Waals surface area contributed by atoms with E-state index in [1.165, 1.54) is 24.3 Å². The first-order valence-electron chi connectivity index (χ1n) is 7.32. The maximum atomic E-state index is 12.9. The lowest BCUT2D eigenvalue weighted by molar-refractivity contribution is -0.163. The molecule has 1 N–H and O–H groups in total. The summed E-state index contributed by atoms with van der Waals surface area (Å²) in [7, 11) is -3.51. The quantitative estimate of drug-likeness (QED) is 0.933. The standard InChI is InChI=1S/C15H20FNO3S/c1-11-6-8-15(9-7-11)14(10-20-15)21(18,19)17-13-4-2-12(16)3-5-13/h2-5,11,14,17H,6-10H2,1H3. The fraction of sp³-hybridized carbons (Fsp3) is 0.600. The summed E-state index contributed by atoms with van der Waals surface area (Å²) in [5.74, 6) is 0.246. The van der Waals surface area contributed by atoms with Crippen molar-refractivity contribution in [3.05, 3.63) is 30.1 Å². The molecule has 1 atom stereocenters. The van der Waals surface area contributed by atoms with Gasteiger partial charge in [0.2, 0.25) is 10.0 Å². The van der Waals surface area contributed by atoms with Gasteiger partial charge in [-0.3, -0.25) is 4.72 Å². The number of ether oxygens (including phenoxy) is 1. The van der Waals surface area contributed by atoms with Gasteiger partial charge in [0.15, 0.2) is 0 Å². The molecule has 1 saturated heterocycles. The van der Waals surface area contributed by atoms with Crippen LogP contribution in [0.15, 0.2) is 24.3 Å². The van der Waals surface area contributed by atoms with Crippen molar-refractivity contribution in [1.29, 1.82) is 0 Å². The van der Waals surface area contributed by atoms with Crippen LogP contribution < -0.4 is 4.72 Å². The smallest absolute Gasteiger partial charge is 0.240 e. The van der Waals surface area contributed by atoms with Gasteiger partial charge in [-0.15, -0.1) is 0 Å². The molecule has 2 aliphatic rings.